The highest BCUT2D eigenvalue weighted by Gasteiger charge is 2.38. The van der Waals surface area contributed by atoms with Gasteiger partial charge in [0, 0.05) is 32.6 Å². The van der Waals surface area contributed by atoms with E-state index in [1.54, 1.807) is 17.9 Å². The summed E-state index contributed by atoms with van der Waals surface area (Å²) in [6.07, 6.45) is 2.80. The summed E-state index contributed by atoms with van der Waals surface area (Å²) in [6.45, 7) is 4.42. The van der Waals surface area contributed by atoms with Crippen LogP contribution < -0.4 is 10.6 Å². The molecule has 124 valence electrons. The quantitative estimate of drug-likeness (QED) is 0.874. The molecule has 7 heteroatoms. The number of anilines is 1. The maximum Gasteiger partial charge on any atom is 0.319 e. The number of alkyl halides is 2. The predicted molar refractivity (Wildman–Crippen MR) is 81.2 cm³/mol. The summed E-state index contributed by atoms with van der Waals surface area (Å²) >= 11 is 0. The number of aryl methyl sites for hydroxylation is 1. The molecule has 22 heavy (non-hydrogen) atoms. The van der Waals surface area contributed by atoms with Crippen LogP contribution in [-0.2, 0) is 7.05 Å². The number of carbonyl (C=O) groups is 1. The lowest BCUT2D eigenvalue weighted by Gasteiger charge is -2.12. The van der Waals surface area contributed by atoms with Crippen molar-refractivity contribution >= 4 is 11.7 Å². The molecule has 1 aliphatic rings. The van der Waals surface area contributed by atoms with E-state index >= 15 is 0 Å². The Bertz CT molecular complexity index is 528. The highest BCUT2D eigenvalue weighted by molar-refractivity contribution is 5.89. The van der Waals surface area contributed by atoms with Crippen LogP contribution in [0.1, 0.15) is 51.1 Å². The summed E-state index contributed by atoms with van der Waals surface area (Å²) in [5, 5.41) is 9.81. The van der Waals surface area contributed by atoms with Gasteiger partial charge in [0.2, 0.25) is 5.92 Å². The molecule has 1 fully saturated rings. The normalized spacial score (nSPS) is 20.4. The van der Waals surface area contributed by atoms with Gasteiger partial charge in [-0.25, -0.2) is 13.6 Å². The van der Waals surface area contributed by atoms with Crippen LogP contribution in [0.3, 0.4) is 0 Å². The minimum absolute atomic E-state index is 0.0000769. The molecule has 2 N–H and O–H groups in total. The van der Waals surface area contributed by atoms with Crippen molar-refractivity contribution in [2.45, 2.75) is 51.4 Å². The topological polar surface area (TPSA) is 59.0 Å². The predicted octanol–water partition coefficient (Wildman–Crippen LogP) is 3.49. The summed E-state index contributed by atoms with van der Waals surface area (Å²) in [5.74, 6) is -2.31. The molecule has 2 rings (SSSR count). The Morgan fingerprint density at radius 1 is 1.55 bits per heavy atom. The molecule has 0 saturated heterocycles. The molecule has 2 amide bonds. The van der Waals surface area contributed by atoms with Crippen molar-refractivity contribution in [1.82, 2.24) is 15.1 Å². The van der Waals surface area contributed by atoms with Crippen molar-refractivity contribution in [1.29, 1.82) is 0 Å². The number of hydrogen-bond donors (Lipinski definition) is 2. The van der Waals surface area contributed by atoms with E-state index in [4.69, 9.17) is 0 Å². The van der Waals surface area contributed by atoms with Crippen LogP contribution in [0.2, 0.25) is 0 Å². The number of nitrogens with one attached hydrogen (secondary N) is 2. The summed E-state index contributed by atoms with van der Waals surface area (Å²) in [7, 11) is 1.80. The second-order valence-electron chi connectivity index (χ2n) is 6.39. The molecule has 0 aromatic carbocycles. The first-order valence-corrected chi connectivity index (χ1v) is 7.73. The van der Waals surface area contributed by atoms with Crippen LogP contribution >= 0.6 is 0 Å². The lowest BCUT2D eigenvalue weighted by atomic mass is 10.0. The fraction of sp³-hybridized carbons (Fsp3) is 0.733. The van der Waals surface area contributed by atoms with Gasteiger partial charge in [0.05, 0.1) is 11.4 Å². The zero-order valence-corrected chi connectivity index (χ0v) is 13.3. The maximum atomic E-state index is 13.1. The third kappa shape index (κ3) is 4.42. The van der Waals surface area contributed by atoms with Gasteiger partial charge in [-0.3, -0.25) is 4.68 Å². The Morgan fingerprint density at radius 2 is 2.27 bits per heavy atom. The zero-order valence-electron chi connectivity index (χ0n) is 13.3. The largest absolute Gasteiger partial charge is 0.338 e. The van der Waals surface area contributed by atoms with Crippen LogP contribution in [0.5, 0.6) is 0 Å². The highest BCUT2D eigenvalue weighted by Crippen LogP contribution is 2.40. The van der Waals surface area contributed by atoms with E-state index in [0.29, 0.717) is 25.1 Å². The van der Waals surface area contributed by atoms with E-state index in [1.165, 1.54) is 0 Å². The number of hydrogen-bond acceptors (Lipinski definition) is 2. The molecule has 1 heterocycles. The SMILES string of the molecule is CC(C)c1nn(C)cc1NC(=O)NCCC1CCC(F)(F)C1. The van der Waals surface area contributed by atoms with Gasteiger partial charge in [0.1, 0.15) is 0 Å². The van der Waals surface area contributed by atoms with E-state index < -0.39 is 5.92 Å². The van der Waals surface area contributed by atoms with Gasteiger partial charge in [-0.15, -0.1) is 0 Å². The molecule has 1 atom stereocenters. The van der Waals surface area contributed by atoms with Crippen LogP contribution in [0.25, 0.3) is 0 Å². The van der Waals surface area contributed by atoms with Crippen molar-refractivity contribution in [2.24, 2.45) is 13.0 Å². The molecule has 1 aromatic heterocycles. The van der Waals surface area contributed by atoms with E-state index in [2.05, 4.69) is 15.7 Å². The molecule has 1 aliphatic carbocycles. The van der Waals surface area contributed by atoms with Crippen LogP contribution in [0.4, 0.5) is 19.3 Å². The molecule has 0 radical (unpaired) electrons. The number of halogens is 2. The van der Waals surface area contributed by atoms with E-state index in [9.17, 15) is 13.6 Å². The highest BCUT2D eigenvalue weighted by atomic mass is 19.3. The third-order valence-electron chi connectivity index (χ3n) is 4.00. The zero-order chi connectivity index (χ0) is 16.3. The van der Waals surface area contributed by atoms with Gasteiger partial charge in [-0.05, 0) is 24.7 Å². The number of urea groups is 1. The van der Waals surface area contributed by atoms with Crippen molar-refractivity contribution in [2.75, 3.05) is 11.9 Å². The average Bonchev–Trinajstić information content (AvgIpc) is 2.92. The maximum absolute atomic E-state index is 13.1. The molecule has 1 unspecified atom stereocenters. The summed E-state index contributed by atoms with van der Waals surface area (Å²) in [5.41, 5.74) is 1.51. The molecule has 0 spiro atoms. The summed E-state index contributed by atoms with van der Waals surface area (Å²) in [6, 6.07) is -0.320. The Labute approximate surface area is 129 Å². The third-order valence-corrected chi connectivity index (χ3v) is 4.00. The Kier molecular flexibility index (Phi) is 5.03. The molecule has 1 saturated carbocycles. The van der Waals surface area contributed by atoms with Crippen LogP contribution in [-0.4, -0.2) is 28.3 Å². The first kappa shape index (κ1) is 16.7. The first-order chi connectivity index (χ1) is 10.3. The summed E-state index contributed by atoms with van der Waals surface area (Å²) in [4.78, 5) is 11.9. The molecule has 0 aliphatic heterocycles. The number of amides is 2. The number of carbonyl (C=O) groups excluding carboxylic acids is 1. The van der Waals surface area contributed by atoms with Crippen LogP contribution in [0, 0.1) is 5.92 Å². The standard InChI is InChI=1S/C15H24F2N4O/c1-10(2)13-12(9-21(3)20-13)19-14(22)18-7-5-11-4-6-15(16,17)8-11/h9-11H,4-8H2,1-3H3,(H2,18,19,22). The van der Waals surface area contributed by atoms with Crippen molar-refractivity contribution in [3.63, 3.8) is 0 Å². The van der Waals surface area contributed by atoms with Gasteiger partial charge >= 0.3 is 6.03 Å². The Balaban J connectivity index is 1.77. The van der Waals surface area contributed by atoms with E-state index in [1.807, 2.05) is 13.8 Å². The molecular formula is C15H24F2N4O. The number of rotatable bonds is 5. The fourth-order valence-corrected chi connectivity index (χ4v) is 2.87. The second kappa shape index (κ2) is 6.62. The fourth-order valence-electron chi connectivity index (χ4n) is 2.87. The molecule has 5 nitrogen and oxygen atoms in total. The van der Waals surface area contributed by atoms with Crippen molar-refractivity contribution in [3.8, 4) is 0 Å². The summed E-state index contributed by atoms with van der Waals surface area (Å²) < 4.78 is 27.8. The van der Waals surface area contributed by atoms with Gasteiger partial charge in [-0.1, -0.05) is 13.8 Å². The number of nitrogens with zero attached hydrogens (tertiary/aromatic N) is 2. The van der Waals surface area contributed by atoms with Gasteiger partial charge in [0.15, 0.2) is 0 Å². The minimum Gasteiger partial charge on any atom is -0.338 e. The monoisotopic (exact) mass is 314 g/mol. The van der Waals surface area contributed by atoms with Crippen molar-refractivity contribution < 1.29 is 13.6 Å². The van der Waals surface area contributed by atoms with E-state index in [-0.39, 0.29) is 30.7 Å². The minimum atomic E-state index is -2.52. The van der Waals surface area contributed by atoms with Crippen LogP contribution in [0.15, 0.2) is 6.20 Å². The average molecular weight is 314 g/mol. The molecule has 0 bridgehead atoms. The molecule has 1 aromatic rings. The van der Waals surface area contributed by atoms with E-state index in [0.717, 1.165) is 5.69 Å². The second-order valence-corrected chi connectivity index (χ2v) is 6.39. The number of aromatic nitrogens is 2. The smallest absolute Gasteiger partial charge is 0.319 e. The lowest BCUT2D eigenvalue weighted by molar-refractivity contribution is 0.00478. The Morgan fingerprint density at radius 3 is 2.86 bits per heavy atom. The first-order valence-electron chi connectivity index (χ1n) is 7.73. The van der Waals surface area contributed by atoms with Crippen molar-refractivity contribution in [3.05, 3.63) is 11.9 Å². The molecular weight excluding hydrogens is 290 g/mol. The Hall–Kier alpha value is -1.66. The van der Waals surface area contributed by atoms with Gasteiger partial charge < -0.3 is 10.6 Å². The lowest BCUT2D eigenvalue weighted by Crippen LogP contribution is -2.30. The van der Waals surface area contributed by atoms with Gasteiger partial charge in [0.25, 0.3) is 0 Å². The van der Waals surface area contributed by atoms with Gasteiger partial charge in [-0.2, -0.15) is 5.10 Å².